The van der Waals surface area contributed by atoms with E-state index in [0.29, 0.717) is 0 Å². The predicted octanol–water partition coefficient (Wildman–Crippen LogP) is 0.720. The van der Waals surface area contributed by atoms with Gasteiger partial charge in [-0.25, -0.2) is 4.79 Å². The van der Waals surface area contributed by atoms with Gasteiger partial charge >= 0.3 is 11.7 Å². The Morgan fingerprint density at radius 3 is 2.68 bits per heavy atom. The summed E-state index contributed by atoms with van der Waals surface area (Å²) in [6.45, 7) is 0.939. The molecule has 0 radical (unpaired) electrons. The zero-order chi connectivity index (χ0) is 18.4. The van der Waals surface area contributed by atoms with Crippen molar-refractivity contribution in [1.82, 2.24) is 14.9 Å². The number of nitrogens with zero attached hydrogens (tertiary/aromatic N) is 1. The van der Waals surface area contributed by atoms with Crippen LogP contribution in [0.4, 0.5) is 0 Å². The molecule has 9 heteroatoms. The number of H-pyrrole nitrogens is 1. The van der Waals surface area contributed by atoms with Crippen molar-refractivity contribution in [3.8, 4) is 0 Å². The molecule has 0 saturated carbocycles. The topological polar surface area (TPSA) is 110 Å². The summed E-state index contributed by atoms with van der Waals surface area (Å²) in [6, 6.07) is 8.28. The lowest BCUT2D eigenvalue weighted by molar-refractivity contribution is -0.149. The molecule has 2 rings (SSSR count). The number of hydrogen-bond acceptors (Lipinski definition) is 5. The molecule has 1 amide bonds. The van der Waals surface area contributed by atoms with Gasteiger partial charge in [0.25, 0.3) is 11.5 Å². The highest BCUT2D eigenvalue weighted by atomic mass is 79.9. The predicted molar refractivity (Wildman–Crippen MR) is 93.0 cm³/mol. The van der Waals surface area contributed by atoms with Crippen LogP contribution >= 0.6 is 15.9 Å². The second kappa shape index (κ2) is 8.43. The molecular weight excluding hydrogens is 394 g/mol. The van der Waals surface area contributed by atoms with Crippen LogP contribution in [0.1, 0.15) is 18.5 Å². The van der Waals surface area contributed by atoms with Crippen molar-refractivity contribution in [2.45, 2.75) is 19.5 Å². The lowest BCUT2D eigenvalue weighted by Gasteiger charge is -2.16. The van der Waals surface area contributed by atoms with Gasteiger partial charge in [-0.1, -0.05) is 34.1 Å². The molecule has 0 aliphatic carbocycles. The number of amides is 1. The second-order valence-corrected chi connectivity index (χ2v) is 6.06. The van der Waals surface area contributed by atoms with E-state index in [-0.39, 0.29) is 6.04 Å². The van der Waals surface area contributed by atoms with Gasteiger partial charge in [0.05, 0.1) is 6.04 Å². The number of esters is 1. The quantitative estimate of drug-likeness (QED) is 0.682. The number of carbonyl (C=O) groups excluding carboxylic acids is 2. The maximum absolute atomic E-state index is 11.9. The number of rotatable bonds is 6. The first-order valence-corrected chi connectivity index (χ1v) is 8.15. The third-order valence-electron chi connectivity index (χ3n) is 3.31. The third kappa shape index (κ3) is 5.42. The summed E-state index contributed by atoms with van der Waals surface area (Å²) in [7, 11) is 0. The Labute approximate surface area is 151 Å². The van der Waals surface area contributed by atoms with E-state index in [1.54, 1.807) is 6.92 Å². The van der Waals surface area contributed by atoms with E-state index in [0.717, 1.165) is 20.7 Å². The number of hydrogen-bond donors (Lipinski definition) is 2. The molecule has 1 heterocycles. The Kier molecular flexibility index (Phi) is 6.29. The van der Waals surface area contributed by atoms with E-state index < -0.39 is 36.3 Å². The molecule has 8 nitrogen and oxygen atoms in total. The van der Waals surface area contributed by atoms with Gasteiger partial charge in [-0.2, -0.15) is 0 Å². The van der Waals surface area contributed by atoms with Crippen LogP contribution in [0.15, 0.2) is 50.6 Å². The molecule has 1 aromatic carbocycles. The molecule has 1 atom stereocenters. The maximum Gasteiger partial charge on any atom is 0.328 e. The Morgan fingerprint density at radius 2 is 2.00 bits per heavy atom. The van der Waals surface area contributed by atoms with E-state index in [2.05, 4.69) is 21.2 Å². The molecule has 0 spiro atoms. The van der Waals surface area contributed by atoms with Crippen LogP contribution in [0.2, 0.25) is 0 Å². The van der Waals surface area contributed by atoms with Crippen molar-refractivity contribution in [2.75, 3.05) is 6.61 Å². The number of ether oxygens (including phenoxy) is 1. The minimum atomic E-state index is -0.766. The van der Waals surface area contributed by atoms with Gasteiger partial charge in [-0.15, -0.1) is 0 Å². The minimum Gasteiger partial charge on any atom is -0.454 e. The molecular formula is C16H16BrN3O5. The fourth-order valence-electron chi connectivity index (χ4n) is 2.09. The average Bonchev–Trinajstić information content (AvgIpc) is 2.56. The molecule has 1 aromatic heterocycles. The van der Waals surface area contributed by atoms with Crippen molar-refractivity contribution in [3.63, 3.8) is 0 Å². The molecule has 0 saturated heterocycles. The Balaban J connectivity index is 1.85. The maximum atomic E-state index is 11.9. The van der Waals surface area contributed by atoms with E-state index in [9.17, 15) is 19.2 Å². The van der Waals surface area contributed by atoms with Crippen molar-refractivity contribution < 1.29 is 14.3 Å². The largest absolute Gasteiger partial charge is 0.454 e. The summed E-state index contributed by atoms with van der Waals surface area (Å²) in [4.78, 5) is 48.0. The van der Waals surface area contributed by atoms with Crippen LogP contribution in [0, 0.1) is 0 Å². The van der Waals surface area contributed by atoms with Crippen molar-refractivity contribution in [1.29, 1.82) is 0 Å². The van der Waals surface area contributed by atoms with Crippen LogP contribution in [-0.2, 0) is 20.9 Å². The summed E-state index contributed by atoms with van der Waals surface area (Å²) in [5.74, 6) is -1.23. The number of aromatic amines is 1. The van der Waals surface area contributed by atoms with Crippen LogP contribution < -0.4 is 16.6 Å². The number of nitrogens with one attached hydrogen (secondary N) is 2. The summed E-state index contributed by atoms with van der Waals surface area (Å²) < 4.78 is 6.68. The van der Waals surface area contributed by atoms with E-state index in [4.69, 9.17) is 4.74 Å². The molecule has 0 aliphatic heterocycles. The van der Waals surface area contributed by atoms with Gasteiger partial charge in [-0.05, 0) is 18.6 Å². The molecule has 25 heavy (non-hydrogen) atoms. The fraction of sp³-hybridized carbons (Fsp3) is 0.250. The smallest absolute Gasteiger partial charge is 0.328 e. The summed E-state index contributed by atoms with van der Waals surface area (Å²) in [5.41, 5.74) is -0.395. The highest BCUT2D eigenvalue weighted by molar-refractivity contribution is 9.10. The summed E-state index contributed by atoms with van der Waals surface area (Å²) >= 11 is 3.40. The monoisotopic (exact) mass is 409 g/mol. The van der Waals surface area contributed by atoms with Gasteiger partial charge in [0, 0.05) is 16.7 Å². The first-order valence-electron chi connectivity index (χ1n) is 7.36. The van der Waals surface area contributed by atoms with Crippen LogP contribution in [0.5, 0.6) is 0 Å². The third-order valence-corrected chi connectivity index (χ3v) is 4.03. The SMILES string of the molecule is C[C@H](NC(=O)COC(=O)Cn1ccc(=O)[nH]c1=O)c1ccccc1Br. The van der Waals surface area contributed by atoms with Gasteiger partial charge in [0.2, 0.25) is 0 Å². The van der Waals surface area contributed by atoms with Crippen molar-refractivity contribution in [2.24, 2.45) is 0 Å². The van der Waals surface area contributed by atoms with Gasteiger partial charge < -0.3 is 10.1 Å². The van der Waals surface area contributed by atoms with E-state index in [1.807, 2.05) is 29.2 Å². The highest BCUT2D eigenvalue weighted by Crippen LogP contribution is 2.22. The first-order chi connectivity index (χ1) is 11.9. The normalized spacial score (nSPS) is 11.6. The summed E-state index contributed by atoms with van der Waals surface area (Å²) in [6.07, 6.45) is 1.18. The molecule has 132 valence electrons. The minimum absolute atomic E-state index is 0.274. The average molecular weight is 410 g/mol. The highest BCUT2D eigenvalue weighted by Gasteiger charge is 2.14. The van der Waals surface area contributed by atoms with Crippen LogP contribution in [0.3, 0.4) is 0 Å². The standard InChI is InChI=1S/C16H16BrN3O5/c1-10(11-4-2-3-5-12(11)17)18-14(22)9-25-15(23)8-20-7-6-13(21)19-16(20)24/h2-7,10H,8-9H2,1H3,(H,18,22)(H,19,21,24)/t10-/m0/s1. The van der Waals surface area contributed by atoms with Crippen LogP contribution in [0.25, 0.3) is 0 Å². The number of aromatic nitrogens is 2. The Hall–Kier alpha value is -2.68. The van der Waals surface area contributed by atoms with E-state index >= 15 is 0 Å². The number of carbonyl (C=O) groups is 2. The first kappa shape index (κ1) is 18.7. The van der Waals surface area contributed by atoms with E-state index in [1.165, 1.54) is 6.20 Å². The zero-order valence-electron chi connectivity index (χ0n) is 13.3. The van der Waals surface area contributed by atoms with Gasteiger partial charge in [-0.3, -0.25) is 23.9 Å². The number of halogens is 1. The molecule has 0 bridgehead atoms. The molecule has 0 unspecified atom stereocenters. The van der Waals surface area contributed by atoms with Gasteiger partial charge in [0.15, 0.2) is 6.61 Å². The van der Waals surface area contributed by atoms with Crippen molar-refractivity contribution >= 4 is 27.8 Å². The van der Waals surface area contributed by atoms with Gasteiger partial charge in [0.1, 0.15) is 6.54 Å². The second-order valence-electron chi connectivity index (χ2n) is 5.21. The van der Waals surface area contributed by atoms with Crippen molar-refractivity contribution in [3.05, 3.63) is 67.4 Å². The molecule has 2 N–H and O–H groups in total. The number of benzene rings is 1. The molecule has 0 fully saturated rings. The zero-order valence-corrected chi connectivity index (χ0v) is 14.9. The molecule has 0 aliphatic rings. The molecule has 2 aromatic rings. The Morgan fingerprint density at radius 1 is 1.28 bits per heavy atom. The summed E-state index contributed by atoms with van der Waals surface area (Å²) in [5, 5.41) is 2.71. The fourth-order valence-corrected chi connectivity index (χ4v) is 2.71. The lowest BCUT2D eigenvalue weighted by Crippen LogP contribution is -2.34. The lowest BCUT2D eigenvalue weighted by atomic mass is 10.1. The van der Waals surface area contributed by atoms with Crippen LogP contribution in [-0.4, -0.2) is 28.0 Å². The Bertz CT molecular complexity index is 890.